The van der Waals surface area contributed by atoms with Gasteiger partial charge in [0.2, 0.25) is 0 Å². The quantitative estimate of drug-likeness (QED) is 0.693. The van der Waals surface area contributed by atoms with Crippen LogP contribution in [-0.4, -0.2) is 28.8 Å². The first kappa shape index (κ1) is 13.7. The number of aliphatic hydroxyl groups excluding tert-OH is 2. The van der Waals surface area contributed by atoms with Crippen molar-refractivity contribution in [1.29, 1.82) is 0 Å². The molecule has 0 aromatic heterocycles. The second kappa shape index (κ2) is 7.04. The third-order valence-electron chi connectivity index (χ3n) is 2.63. The lowest BCUT2D eigenvalue weighted by Gasteiger charge is -2.09. The molecule has 0 aliphatic rings. The minimum atomic E-state index is -0.355. The molecule has 4 heteroatoms. The average molecular weight is 237 g/mol. The van der Waals surface area contributed by atoms with Crippen molar-refractivity contribution in [2.24, 2.45) is 0 Å². The molecule has 0 heterocycles. The lowest BCUT2D eigenvalue weighted by atomic mass is 10.1. The van der Waals surface area contributed by atoms with Crippen molar-refractivity contribution in [3.8, 4) is 0 Å². The third kappa shape index (κ3) is 4.54. The van der Waals surface area contributed by atoms with E-state index in [1.54, 1.807) is 24.3 Å². The number of hydrogen-bond donors (Lipinski definition) is 3. The zero-order valence-electron chi connectivity index (χ0n) is 10.0. The standard InChI is InChI=1S/C13H19NO3/c1-2-12(16)7-8-14-13(17)11-5-3-10(9-15)4-6-11/h3-6,12,15-16H,2,7-9H2,1H3,(H,14,17). The van der Waals surface area contributed by atoms with Gasteiger partial charge in [0.25, 0.3) is 5.91 Å². The van der Waals surface area contributed by atoms with Crippen LogP contribution in [0.25, 0.3) is 0 Å². The highest BCUT2D eigenvalue weighted by Crippen LogP contribution is 2.04. The van der Waals surface area contributed by atoms with E-state index in [1.807, 2.05) is 6.92 Å². The van der Waals surface area contributed by atoms with E-state index in [1.165, 1.54) is 0 Å². The van der Waals surface area contributed by atoms with Gasteiger partial charge in [0.1, 0.15) is 0 Å². The number of hydrogen-bond acceptors (Lipinski definition) is 3. The summed E-state index contributed by atoms with van der Waals surface area (Å²) in [7, 11) is 0. The van der Waals surface area contributed by atoms with Crippen molar-refractivity contribution in [3.05, 3.63) is 35.4 Å². The molecular formula is C13H19NO3. The molecule has 4 nitrogen and oxygen atoms in total. The maximum absolute atomic E-state index is 11.7. The van der Waals surface area contributed by atoms with Gasteiger partial charge >= 0.3 is 0 Å². The van der Waals surface area contributed by atoms with Crippen LogP contribution in [0, 0.1) is 0 Å². The summed E-state index contributed by atoms with van der Waals surface area (Å²) in [5, 5.41) is 20.9. The fourth-order valence-corrected chi connectivity index (χ4v) is 1.42. The fraction of sp³-hybridized carbons (Fsp3) is 0.462. The van der Waals surface area contributed by atoms with Crippen LogP contribution in [0.15, 0.2) is 24.3 Å². The normalized spacial score (nSPS) is 12.2. The Labute approximate surface area is 101 Å². The number of amides is 1. The number of carbonyl (C=O) groups is 1. The molecule has 1 unspecified atom stereocenters. The lowest BCUT2D eigenvalue weighted by molar-refractivity contribution is 0.0942. The molecule has 1 aromatic carbocycles. The highest BCUT2D eigenvalue weighted by Gasteiger charge is 2.06. The molecule has 1 aromatic rings. The van der Waals surface area contributed by atoms with E-state index in [-0.39, 0.29) is 18.6 Å². The molecule has 94 valence electrons. The van der Waals surface area contributed by atoms with Gasteiger partial charge < -0.3 is 15.5 Å². The van der Waals surface area contributed by atoms with Crippen molar-refractivity contribution in [3.63, 3.8) is 0 Å². The minimum Gasteiger partial charge on any atom is -0.393 e. The Morgan fingerprint density at radius 2 is 2.00 bits per heavy atom. The maximum atomic E-state index is 11.7. The van der Waals surface area contributed by atoms with Gasteiger partial charge in [-0.1, -0.05) is 19.1 Å². The topological polar surface area (TPSA) is 69.6 Å². The first-order valence-corrected chi connectivity index (χ1v) is 5.83. The summed E-state index contributed by atoms with van der Waals surface area (Å²) < 4.78 is 0. The van der Waals surface area contributed by atoms with Crippen LogP contribution in [-0.2, 0) is 6.61 Å². The minimum absolute atomic E-state index is 0.0232. The Balaban J connectivity index is 2.41. The molecule has 0 aliphatic carbocycles. The van der Waals surface area contributed by atoms with Crippen molar-refractivity contribution in [1.82, 2.24) is 5.32 Å². The average Bonchev–Trinajstić information content (AvgIpc) is 2.38. The van der Waals surface area contributed by atoms with E-state index < -0.39 is 0 Å². The molecule has 1 amide bonds. The Morgan fingerprint density at radius 1 is 1.35 bits per heavy atom. The van der Waals surface area contributed by atoms with E-state index in [9.17, 15) is 9.90 Å². The Morgan fingerprint density at radius 3 is 2.53 bits per heavy atom. The van der Waals surface area contributed by atoms with Gasteiger partial charge in [-0.15, -0.1) is 0 Å². The van der Waals surface area contributed by atoms with Crippen LogP contribution in [0.1, 0.15) is 35.7 Å². The summed E-state index contributed by atoms with van der Waals surface area (Å²) >= 11 is 0. The Kier molecular flexibility index (Phi) is 5.66. The maximum Gasteiger partial charge on any atom is 0.251 e. The molecule has 3 N–H and O–H groups in total. The summed E-state index contributed by atoms with van der Waals surface area (Å²) in [6.45, 7) is 2.35. The first-order chi connectivity index (χ1) is 8.17. The predicted octanol–water partition coefficient (Wildman–Crippen LogP) is 1.07. The first-order valence-electron chi connectivity index (χ1n) is 5.83. The van der Waals surface area contributed by atoms with Crippen LogP contribution < -0.4 is 5.32 Å². The molecule has 0 spiro atoms. The third-order valence-corrected chi connectivity index (χ3v) is 2.63. The summed E-state index contributed by atoms with van der Waals surface area (Å²) in [4.78, 5) is 11.7. The van der Waals surface area contributed by atoms with E-state index in [4.69, 9.17) is 5.11 Å². The van der Waals surface area contributed by atoms with E-state index >= 15 is 0 Å². The smallest absolute Gasteiger partial charge is 0.251 e. The van der Waals surface area contributed by atoms with Crippen molar-refractivity contribution in [2.75, 3.05) is 6.54 Å². The molecule has 1 atom stereocenters. The molecule has 1 rings (SSSR count). The number of nitrogens with one attached hydrogen (secondary N) is 1. The van der Waals surface area contributed by atoms with Gasteiger partial charge in [0, 0.05) is 12.1 Å². The van der Waals surface area contributed by atoms with E-state index in [0.717, 1.165) is 5.56 Å². The molecular weight excluding hydrogens is 218 g/mol. The summed E-state index contributed by atoms with van der Waals surface area (Å²) in [5.41, 5.74) is 1.34. The van der Waals surface area contributed by atoms with Gasteiger partial charge in [-0.05, 0) is 30.5 Å². The van der Waals surface area contributed by atoms with Gasteiger partial charge in [-0.2, -0.15) is 0 Å². The SMILES string of the molecule is CCC(O)CCNC(=O)c1ccc(CO)cc1. The monoisotopic (exact) mass is 237 g/mol. The van der Waals surface area contributed by atoms with Crippen molar-refractivity contribution in [2.45, 2.75) is 32.5 Å². The Bertz CT molecular complexity index is 348. The van der Waals surface area contributed by atoms with Crippen LogP contribution in [0.5, 0.6) is 0 Å². The zero-order valence-corrected chi connectivity index (χ0v) is 10.0. The largest absolute Gasteiger partial charge is 0.393 e. The zero-order chi connectivity index (χ0) is 12.7. The molecule has 0 saturated heterocycles. The van der Waals surface area contributed by atoms with Crippen molar-refractivity contribution < 1.29 is 15.0 Å². The lowest BCUT2D eigenvalue weighted by Crippen LogP contribution is -2.26. The number of carbonyl (C=O) groups excluding carboxylic acids is 1. The molecule has 0 bridgehead atoms. The van der Waals surface area contributed by atoms with Crippen LogP contribution in [0.2, 0.25) is 0 Å². The molecule has 17 heavy (non-hydrogen) atoms. The molecule has 0 aliphatic heterocycles. The predicted molar refractivity (Wildman–Crippen MR) is 65.6 cm³/mol. The summed E-state index contributed by atoms with van der Waals surface area (Å²) in [6.07, 6.45) is 0.907. The van der Waals surface area contributed by atoms with Gasteiger partial charge in [0.15, 0.2) is 0 Å². The van der Waals surface area contributed by atoms with Gasteiger partial charge in [-0.25, -0.2) is 0 Å². The van der Waals surface area contributed by atoms with Crippen LogP contribution >= 0.6 is 0 Å². The van der Waals surface area contributed by atoms with Crippen molar-refractivity contribution >= 4 is 5.91 Å². The highest BCUT2D eigenvalue weighted by molar-refractivity contribution is 5.94. The molecule has 0 radical (unpaired) electrons. The highest BCUT2D eigenvalue weighted by atomic mass is 16.3. The number of rotatable bonds is 6. The van der Waals surface area contributed by atoms with E-state index in [2.05, 4.69) is 5.32 Å². The second-order valence-corrected chi connectivity index (χ2v) is 3.96. The van der Waals surface area contributed by atoms with Gasteiger partial charge in [0.05, 0.1) is 12.7 Å². The molecule has 0 saturated carbocycles. The number of benzene rings is 1. The number of aliphatic hydroxyl groups is 2. The Hall–Kier alpha value is -1.39. The van der Waals surface area contributed by atoms with Crippen LogP contribution in [0.3, 0.4) is 0 Å². The van der Waals surface area contributed by atoms with Crippen LogP contribution in [0.4, 0.5) is 0 Å². The summed E-state index contributed by atoms with van der Waals surface area (Å²) in [5.74, 6) is -0.155. The second-order valence-electron chi connectivity index (χ2n) is 3.96. The molecule has 0 fully saturated rings. The van der Waals surface area contributed by atoms with Gasteiger partial charge in [-0.3, -0.25) is 4.79 Å². The van der Waals surface area contributed by atoms with E-state index in [0.29, 0.717) is 24.9 Å². The fourth-order valence-electron chi connectivity index (χ4n) is 1.42. The summed E-state index contributed by atoms with van der Waals surface area (Å²) in [6, 6.07) is 6.79.